The fourth-order valence-corrected chi connectivity index (χ4v) is 5.13. The van der Waals surface area contributed by atoms with Gasteiger partial charge in [0.25, 0.3) is 12.9 Å². The van der Waals surface area contributed by atoms with E-state index >= 15 is 0 Å². The summed E-state index contributed by atoms with van der Waals surface area (Å²) in [7, 11) is -4.40. The van der Waals surface area contributed by atoms with Crippen molar-refractivity contribution in [2.45, 2.75) is 20.8 Å². The zero-order valence-corrected chi connectivity index (χ0v) is 16.3. The van der Waals surface area contributed by atoms with E-state index in [-0.39, 0.29) is 16.6 Å². The van der Waals surface area contributed by atoms with Gasteiger partial charge in [-0.05, 0) is 49.6 Å². The molecule has 0 saturated carbocycles. The quantitative estimate of drug-likeness (QED) is 0.642. The first-order chi connectivity index (χ1) is 12.7. The summed E-state index contributed by atoms with van der Waals surface area (Å²) in [6, 6.07) is 16.6. The summed E-state index contributed by atoms with van der Waals surface area (Å²) >= 11 is 0. The lowest BCUT2D eigenvalue weighted by atomic mass is 10.0. The van der Waals surface area contributed by atoms with Crippen LogP contribution in [-0.2, 0) is 4.57 Å². The minimum Gasteiger partial charge on any atom is -0.507 e. The maximum Gasteiger partial charge on any atom is 0.298 e. The number of rotatable bonds is 4. The number of para-hydroxylation sites is 1. The van der Waals surface area contributed by atoms with Crippen LogP contribution >= 0.6 is 7.37 Å². The van der Waals surface area contributed by atoms with E-state index in [0.717, 1.165) is 5.56 Å². The predicted molar refractivity (Wildman–Crippen MR) is 108 cm³/mol. The highest BCUT2D eigenvalue weighted by atomic mass is 31.2. The van der Waals surface area contributed by atoms with Crippen molar-refractivity contribution in [3.05, 3.63) is 82.9 Å². The maximum atomic E-state index is 13.3. The van der Waals surface area contributed by atoms with Gasteiger partial charge in [-0.15, -0.1) is 0 Å². The minimum absolute atomic E-state index is 0.0138. The first-order valence-electron chi connectivity index (χ1n) is 8.57. The van der Waals surface area contributed by atoms with Gasteiger partial charge in [0.1, 0.15) is 5.75 Å². The van der Waals surface area contributed by atoms with Crippen LogP contribution in [0.25, 0.3) is 11.1 Å². The summed E-state index contributed by atoms with van der Waals surface area (Å²) in [5.41, 5.74) is 2.60. The first kappa shape index (κ1) is 19.1. The van der Waals surface area contributed by atoms with Crippen LogP contribution in [0, 0.1) is 20.8 Å². The van der Waals surface area contributed by atoms with Crippen molar-refractivity contribution in [1.82, 2.24) is 0 Å². The van der Waals surface area contributed by atoms with Crippen LogP contribution in [0.2, 0.25) is 0 Å². The molecular formula is C22H21O4P. The molecule has 3 aromatic carbocycles. The van der Waals surface area contributed by atoms with E-state index in [1.807, 2.05) is 19.1 Å². The molecule has 138 valence electrons. The normalized spacial score (nSPS) is 13.2. The van der Waals surface area contributed by atoms with E-state index in [1.54, 1.807) is 50.2 Å². The molecule has 0 fully saturated rings. The summed E-state index contributed by atoms with van der Waals surface area (Å²) in [6.45, 7) is 5.45. The summed E-state index contributed by atoms with van der Waals surface area (Å²) in [5.74, 6) is -0.0138. The Balaban J connectivity index is 2.19. The SMILES string of the molecule is Cc1cc(C)c(C(=O)P(=O)(O)c2ccccc2-c2ccccc2O)c(C)c1. The third-order valence-corrected chi connectivity index (χ3v) is 6.41. The Kier molecular flexibility index (Phi) is 5.05. The van der Waals surface area contributed by atoms with Crippen LogP contribution in [0.5, 0.6) is 5.75 Å². The third kappa shape index (κ3) is 3.46. The zero-order valence-electron chi connectivity index (χ0n) is 15.4. The third-order valence-electron chi connectivity index (χ3n) is 4.59. The standard InChI is InChI=1S/C22H21O4P/c1-14-12-15(2)21(16(3)13-14)22(24)27(25,26)20-11-7-5-9-18(20)17-8-4-6-10-19(17)23/h4-13,23H,1-3H3,(H,25,26). The van der Waals surface area contributed by atoms with Gasteiger partial charge in [-0.3, -0.25) is 9.36 Å². The largest absolute Gasteiger partial charge is 0.507 e. The molecule has 3 rings (SSSR count). The Labute approximate surface area is 158 Å². The molecule has 4 nitrogen and oxygen atoms in total. The molecule has 0 aliphatic rings. The van der Waals surface area contributed by atoms with Crippen molar-refractivity contribution in [1.29, 1.82) is 0 Å². The fourth-order valence-electron chi connectivity index (χ4n) is 3.45. The molecule has 2 N–H and O–H groups in total. The Morgan fingerprint density at radius 1 is 0.852 bits per heavy atom. The second kappa shape index (κ2) is 7.15. The molecule has 0 saturated heterocycles. The number of benzene rings is 3. The Morgan fingerprint density at radius 3 is 1.96 bits per heavy atom. The van der Waals surface area contributed by atoms with E-state index in [2.05, 4.69) is 0 Å². The van der Waals surface area contributed by atoms with Crippen LogP contribution in [0.1, 0.15) is 27.0 Å². The molecule has 0 aliphatic heterocycles. The predicted octanol–water partition coefficient (Wildman–Crippen LogP) is 4.72. The zero-order chi connectivity index (χ0) is 19.8. The Hall–Kier alpha value is -2.68. The van der Waals surface area contributed by atoms with Gasteiger partial charge in [0.05, 0.1) is 5.30 Å². The van der Waals surface area contributed by atoms with E-state index in [4.69, 9.17) is 0 Å². The molecule has 0 aliphatic carbocycles. The molecule has 0 bridgehead atoms. The second-order valence-electron chi connectivity index (χ2n) is 6.69. The van der Waals surface area contributed by atoms with E-state index in [9.17, 15) is 19.4 Å². The molecule has 0 radical (unpaired) electrons. The van der Waals surface area contributed by atoms with Crippen LogP contribution in [-0.4, -0.2) is 15.5 Å². The highest BCUT2D eigenvalue weighted by molar-refractivity contribution is 7.83. The summed E-state index contributed by atoms with van der Waals surface area (Å²) < 4.78 is 13.3. The molecule has 0 spiro atoms. The van der Waals surface area contributed by atoms with Gasteiger partial charge in [0.15, 0.2) is 0 Å². The van der Waals surface area contributed by atoms with Gasteiger partial charge < -0.3 is 10.00 Å². The first-order valence-corrected chi connectivity index (χ1v) is 10.2. The summed E-state index contributed by atoms with van der Waals surface area (Å²) in [6.07, 6.45) is 0. The Morgan fingerprint density at radius 2 is 1.37 bits per heavy atom. The number of carbonyl (C=O) groups excluding carboxylic acids is 1. The Bertz CT molecular complexity index is 1060. The fraction of sp³-hybridized carbons (Fsp3) is 0.136. The van der Waals surface area contributed by atoms with Crippen molar-refractivity contribution in [2.75, 3.05) is 0 Å². The summed E-state index contributed by atoms with van der Waals surface area (Å²) in [4.78, 5) is 24.0. The van der Waals surface area contributed by atoms with Crippen molar-refractivity contribution in [2.24, 2.45) is 0 Å². The topological polar surface area (TPSA) is 74.6 Å². The van der Waals surface area contributed by atoms with Crippen molar-refractivity contribution >= 4 is 18.2 Å². The lowest BCUT2D eigenvalue weighted by molar-refractivity contribution is 0.106. The minimum atomic E-state index is -4.40. The molecule has 27 heavy (non-hydrogen) atoms. The second-order valence-corrected chi connectivity index (χ2v) is 8.73. The van der Waals surface area contributed by atoms with Crippen LogP contribution < -0.4 is 5.30 Å². The van der Waals surface area contributed by atoms with Crippen molar-refractivity contribution in [3.63, 3.8) is 0 Å². The molecule has 3 aromatic rings. The van der Waals surface area contributed by atoms with Crippen molar-refractivity contribution < 1.29 is 19.4 Å². The number of phenols is 1. The highest BCUT2D eigenvalue weighted by Gasteiger charge is 2.36. The molecule has 1 unspecified atom stereocenters. The number of hydrogen-bond donors (Lipinski definition) is 2. The van der Waals surface area contributed by atoms with Gasteiger partial charge >= 0.3 is 0 Å². The average Bonchev–Trinajstić information content (AvgIpc) is 2.61. The average molecular weight is 380 g/mol. The molecule has 0 heterocycles. The van der Waals surface area contributed by atoms with Gasteiger partial charge in [0.2, 0.25) is 0 Å². The van der Waals surface area contributed by atoms with Crippen molar-refractivity contribution in [3.8, 4) is 16.9 Å². The highest BCUT2D eigenvalue weighted by Crippen LogP contribution is 2.47. The van der Waals surface area contributed by atoms with E-state index in [1.165, 1.54) is 12.1 Å². The monoisotopic (exact) mass is 380 g/mol. The molecular weight excluding hydrogens is 359 g/mol. The lowest BCUT2D eigenvalue weighted by Gasteiger charge is -2.18. The van der Waals surface area contributed by atoms with Gasteiger partial charge in [-0.25, -0.2) is 0 Å². The number of aromatic hydroxyl groups is 1. The number of carbonyl (C=O) groups is 1. The van der Waals surface area contributed by atoms with Gasteiger partial charge in [-0.2, -0.15) is 0 Å². The maximum absolute atomic E-state index is 13.3. The van der Waals surface area contributed by atoms with Crippen LogP contribution in [0.4, 0.5) is 0 Å². The molecule has 0 aromatic heterocycles. The summed E-state index contributed by atoms with van der Waals surface area (Å²) in [5, 5.41) is 10.2. The van der Waals surface area contributed by atoms with Gasteiger partial charge in [0, 0.05) is 11.1 Å². The smallest absolute Gasteiger partial charge is 0.298 e. The van der Waals surface area contributed by atoms with Crippen LogP contribution in [0.15, 0.2) is 60.7 Å². The molecule has 1 atom stereocenters. The van der Waals surface area contributed by atoms with Crippen LogP contribution in [0.3, 0.4) is 0 Å². The van der Waals surface area contributed by atoms with Gasteiger partial charge in [-0.1, -0.05) is 54.1 Å². The number of phenolic OH excluding ortho intramolecular Hbond substituents is 1. The molecule has 0 amide bonds. The van der Waals surface area contributed by atoms with E-state index in [0.29, 0.717) is 22.3 Å². The number of hydrogen-bond acceptors (Lipinski definition) is 3. The lowest BCUT2D eigenvalue weighted by Crippen LogP contribution is -2.17. The number of aryl methyl sites for hydroxylation is 3. The van der Waals surface area contributed by atoms with E-state index < -0.39 is 12.9 Å². The molecule has 5 heteroatoms.